The molecule has 1 aliphatic heterocycles. The zero-order chi connectivity index (χ0) is 22.4. The van der Waals surface area contributed by atoms with Gasteiger partial charge in [0.15, 0.2) is 23.4 Å². The number of ether oxygens (including phenoxy) is 3. The summed E-state index contributed by atoms with van der Waals surface area (Å²) < 4.78 is 16.4. The Labute approximate surface area is 181 Å². The van der Waals surface area contributed by atoms with E-state index >= 15 is 0 Å². The molecule has 2 aromatic carbocycles. The highest BCUT2D eigenvalue weighted by atomic mass is 16.5. The number of esters is 1. The molecule has 1 aliphatic rings. The fourth-order valence-corrected chi connectivity index (χ4v) is 3.11. The van der Waals surface area contributed by atoms with Crippen LogP contribution in [0.1, 0.15) is 47.7 Å². The van der Waals surface area contributed by atoms with Crippen molar-refractivity contribution in [1.29, 1.82) is 0 Å². The largest absolute Gasteiger partial charge is 0.490 e. The number of ketones is 1. The number of rotatable bonds is 7. The summed E-state index contributed by atoms with van der Waals surface area (Å²) in [6.45, 7) is 6.42. The molecule has 0 bridgehead atoms. The lowest BCUT2D eigenvalue weighted by Crippen LogP contribution is -2.30. The van der Waals surface area contributed by atoms with Gasteiger partial charge in [0.1, 0.15) is 0 Å². The van der Waals surface area contributed by atoms with Gasteiger partial charge in [0.2, 0.25) is 0 Å². The summed E-state index contributed by atoms with van der Waals surface area (Å²) in [7, 11) is 0. The topological polar surface area (TPSA) is 90.9 Å². The lowest BCUT2D eigenvalue weighted by atomic mass is 10.1. The number of Topliss-reactive ketones (excluding diaryl/α,β-unsaturated/α-hetero) is 1. The Morgan fingerprint density at radius 1 is 1.00 bits per heavy atom. The van der Waals surface area contributed by atoms with Gasteiger partial charge in [-0.15, -0.1) is 0 Å². The standard InChI is InChI=1S/C24H27NO6/c1-15-5-6-16(2)19(13-15)25-24(28)17(3)31-23(27)10-8-20(26)18-7-9-21-22(14-18)30-12-4-11-29-21/h5-7,9,13-14,17H,4,8,10-12H2,1-3H3,(H,25,28)/t17-/m1/s1. The molecule has 1 N–H and O–H groups in total. The second-order valence-corrected chi connectivity index (χ2v) is 7.57. The SMILES string of the molecule is Cc1ccc(C)c(NC(=O)[C@@H](C)OC(=O)CCC(=O)c2ccc3c(c2)OCCCO3)c1. The molecule has 2 aromatic rings. The van der Waals surface area contributed by atoms with Gasteiger partial charge in [-0.05, 0) is 56.2 Å². The molecule has 0 radical (unpaired) electrons. The zero-order valence-electron chi connectivity index (χ0n) is 18.0. The highest BCUT2D eigenvalue weighted by Crippen LogP contribution is 2.30. The molecule has 7 heteroatoms. The molecule has 0 unspecified atom stereocenters. The van der Waals surface area contributed by atoms with E-state index in [1.165, 1.54) is 6.92 Å². The Kier molecular flexibility index (Phi) is 7.28. The number of hydrogen-bond acceptors (Lipinski definition) is 6. The summed E-state index contributed by atoms with van der Waals surface area (Å²) in [6, 6.07) is 10.7. The number of aryl methyl sites for hydroxylation is 2. The zero-order valence-corrected chi connectivity index (χ0v) is 18.0. The van der Waals surface area contributed by atoms with Crippen molar-refractivity contribution in [1.82, 2.24) is 0 Å². The Morgan fingerprint density at radius 2 is 1.74 bits per heavy atom. The molecule has 7 nitrogen and oxygen atoms in total. The molecule has 0 fully saturated rings. The molecule has 1 atom stereocenters. The number of carbonyl (C=O) groups is 3. The van der Waals surface area contributed by atoms with E-state index in [9.17, 15) is 14.4 Å². The minimum absolute atomic E-state index is 0.0240. The lowest BCUT2D eigenvalue weighted by Gasteiger charge is -2.15. The van der Waals surface area contributed by atoms with E-state index in [0.717, 1.165) is 17.5 Å². The van der Waals surface area contributed by atoms with Crippen molar-refractivity contribution < 1.29 is 28.6 Å². The van der Waals surface area contributed by atoms with Crippen molar-refractivity contribution in [2.75, 3.05) is 18.5 Å². The second-order valence-electron chi connectivity index (χ2n) is 7.57. The molecule has 0 saturated carbocycles. The maximum Gasteiger partial charge on any atom is 0.307 e. The van der Waals surface area contributed by atoms with Gasteiger partial charge in [-0.25, -0.2) is 0 Å². The summed E-state index contributed by atoms with van der Waals surface area (Å²) >= 11 is 0. The first kappa shape index (κ1) is 22.3. The third-order valence-electron chi connectivity index (χ3n) is 4.95. The molecule has 1 heterocycles. The van der Waals surface area contributed by atoms with Crippen LogP contribution in [0.4, 0.5) is 5.69 Å². The van der Waals surface area contributed by atoms with E-state index in [2.05, 4.69) is 5.32 Å². The van der Waals surface area contributed by atoms with Crippen LogP contribution in [-0.2, 0) is 14.3 Å². The van der Waals surface area contributed by atoms with Gasteiger partial charge >= 0.3 is 5.97 Å². The van der Waals surface area contributed by atoms with Crippen LogP contribution in [0, 0.1) is 13.8 Å². The van der Waals surface area contributed by atoms with Gasteiger partial charge in [0, 0.05) is 24.1 Å². The summed E-state index contributed by atoms with van der Waals surface area (Å²) in [5.41, 5.74) is 3.05. The molecule has 0 saturated heterocycles. The van der Waals surface area contributed by atoms with Crippen molar-refractivity contribution in [3.63, 3.8) is 0 Å². The van der Waals surface area contributed by atoms with Crippen LogP contribution in [0.15, 0.2) is 36.4 Å². The first-order valence-electron chi connectivity index (χ1n) is 10.3. The predicted molar refractivity (Wildman–Crippen MR) is 116 cm³/mol. The molecule has 0 aromatic heterocycles. The highest BCUT2D eigenvalue weighted by molar-refractivity contribution is 5.99. The number of amides is 1. The van der Waals surface area contributed by atoms with Crippen molar-refractivity contribution >= 4 is 23.3 Å². The quantitative estimate of drug-likeness (QED) is 0.533. The van der Waals surface area contributed by atoms with E-state index in [-0.39, 0.29) is 18.6 Å². The second kappa shape index (κ2) is 10.1. The molecule has 0 aliphatic carbocycles. The summed E-state index contributed by atoms with van der Waals surface area (Å²) in [5, 5.41) is 2.77. The van der Waals surface area contributed by atoms with Crippen LogP contribution in [-0.4, -0.2) is 37.0 Å². The van der Waals surface area contributed by atoms with Crippen LogP contribution < -0.4 is 14.8 Å². The van der Waals surface area contributed by atoms with Crippen molar-refractivity contribution in [2.24, 2.45) is 0 Å². The maximum atomic E-state index is 12.5. The van der Waals surface area contributed by atoms with E-state index in [1.54, 1.807) is 18.2 Å². The first-order chi connectivity index (χ1) is 14.8. The van der Waals surface area contributed by atoms with Crippen LogP contribution in [0.2, 0.25) is 0 Å². The van der Waals surface area contributed by atoms with Gasteiger partial charge in [0.05, 0.1) is 19.6 Å². The Balaban J connectivity index is 1.50. The van der Waals surface area contributed by atoms with Crippen LogP contribution in [0.5, 0.6) is 11.5 Å². The molecule has 1 amide bonds. The van der Waals surface area contributed by atoms with Gasteiger partial charge in [0.25, 0.3) is 5.91 Å². The number of nitrogens with one attached hydrogen (secondary N) is 1. The lowest BCUT2D eigenvalue weighted by molar-refractivity contribution is -0.153. The number of fused-ring (bicyclic) bond motifs is 1. The fourth-order valence-electron chi connectivity index (χ4n) is 3.11. The smallest absolute Gasteiger partial charge is 0.307 e. The number of benzene rings is 2. The monoisotopic (exact) mass is 425 g/mol. The molecule has 0 spiro atoms. The van der Waals surface area contributed by atoms with Crippen LogP contribution >= 0.6 is 0 Å². The highest BCUT2D eigenvalue weighted by Gasteiger charge is 2.20. The molecule has 164 valence electrons. The number of anilines is 1. The number of carbonyl (C=O) groups excluding carboxylic acids is 3. The Morgan fingerprint density at radius 3 is 2.52 bits per heavy atom. The van der Waals surface area contributed by atoms with Gasteiger partial charge < -0.3 is 19.5 Å². The van der Waals surface area contributed by atoms with Gasteiger partial charge in [-0.3, -0.25) is 14.4 Å². The van der Waals surface area contributed by atoms with Crippen molar-refractivity contribution in [3.05, 3.63) is 53.1 Å². The van der Waals surface area contributed by atoms with Crippen LogP contribution in [0.3, 0.4) is 0 Å². The van der Waals surface area contributed by atoms with E-state index in [4.69, 9.17) is 14.2 Å². The minimum atomic E-state index is -0.972. The first-order valence-corrected chi connectivity index (χ1v) is 10.3. The Hall–Kier alpha value is -3.35. The van der Waals surface area contributed by atoms with E-state index < -0.39 is 18.0 Å². The number of hydrogen-bond donors (Lipinski definition) is 1. The van der Waals surface area contributed by atoms with Crippen LogP contribution in [0.25, 0.3) is 0 Å². The van der Waals surface area contributed by atoms with Gasteiger partial charge in [-0.2, -0.15) is 0 Å². The summed E-state index contributed by atoms with van der Waals surface area (Å²) in [4.78, 5) is 37.0. The van der Waals surface area contributed by atoms with Gasteiger partial charge in [-0.1, -0.05) is 12.1 Å². The van der Waals surface area contributed by atoms with Crippen molar-refractivity contribution in [3.8, 4) is 11.5 Å². The van der Waals surface area contributed by atoms with Crippen molar-refractivity contribution in [2.45, 2.75) is 46.1 Å². The third-order valence-corrected chi connectivity index (χ3v) is 4.95. The minimum Gasteiger partial charge on any atom is -0.490 e. The predicted octanol–water partition coefficient (Wildman–Crippen LogP) is 4.00. The van der Waals surface area contributed by atoms with E-state index in [1.807, 2.05) is 32.0 Å². The average Bonchev–Trinajstić information content (AvgIpc) is 2.99. The molecule has 31 heavy (non-hydrogen) atoms. The van der Waals surface area contributed by atoms with E-state index in [0.29, 0.717) is 36.0 Å². The molecular formula is C24H27NO6. The summed E-state index contributed by atoms with van der Waals surface area (Å²) in [6.07, 6.45) is -0.336. The molecule has 3 rings (SSSR count). The Bertz CT molecular complexity index is 984. The normalized spacial score (nSPS) is 13.6. The average molecular weight is 425 g/mol. The fraction of sp³-hybridized carbons (Fsp3) is 0.375. The summed E-state index contributed by atoms with van der Waals surface area (Å²) in [5.74, 6) is -0.0949. The molecular weight excluding hydrogens is 398 g/mol. The maximum absolute atomic E-state index is 12.5. The third kappa shape index (κ3) is 6.07.